The number of methoxy groups -OCH3 is 1. The number of pyridine rings is 1. The summed E-state index contributed by atoms with van der Waals surface area (Å²) in [4.78, 5) is 3.55. The summed E-state index contributed by atoms with van der Waals surface area (Å²) in [7, 11) is 1.20. The summed E-state index contributed by atoms with van der Waals surface area (Å²) in [5.41, 5.74) is -0.356. The van der Waals surface area contributed by atoms with Gasteiger partial charge >= 0.3 is 6.18 Å². The quantitative estimate of drug-likeness (QED) is 0.724. The topological polar surface area (TPSA) is 22.1 Å². The van der Waals surface area contributed by atoms with Gasteiger partial charge in [0.15, 0.2) is 0 Å². The van der Waals surface area contributed by atoms with Crippen LogP contribution in [0.4, 0.5) is 13.2 Å². The molecular weight excluding hydrogens is 207 g/mol. The van der Waals surface area contributed by atoms with Gasteiger partial charge in [0.2, 0.25) is 0 Å². The van der Waals surface area contributed by atoms with Gasteiger partial charge in [-0.1, -0.05) is 13.8 Å². The van der Waals surface area contributed by atoms with E-state index in [1.807, 2.05) is 13.8 Å². The number of alkyl halides is 3. The van der Waals surface area contributed by atoms with Crippen molar-refractivity contribution in [3.63, 3.8) is 0 Å². The van der Waals surface area contributed by atoms with E-state index in [1.165, 1.54) is 13.2 Å². The van der Waals surface area contributed by atoms with Crippen molar-refractivity contribution in [2.24, 2.45) is 0 Å². The van der Waals surface area contributed by atoms with Gasteiger partial charge in [-0.3, -0.25) is 4.98 Å². The van der Waals surface area contributed by atoms with Gasteiger partial charge in [-0.15, -0.1) is 0 Å². The number of rotatable bonds is 1. The summed E-state index contributed by atoms with van der Waals surface area (Å²) >= 11 is 0. The molecule has 0 bridgehead atoms. The third kappa shape index (κ3) is 3.77. The first-order valence-corrected chi connectivity index (χ1v) is 4.53. The maximum atomic E-state index is 12.2. The maximum absolute atomic E-state index is 12.2. The highest BCUT2D eigenvalue weighted by atomic mass is 19.4. The van der Waals surface area contributed by atoms with E-state index in [1.54, 1.807) is 6.92 Å². The molecule has 0 amide bonds. The molecule has 0 aliphatic heterocycles. The monoisotopic (exact) mass is 221 g/mol. The molecule has 5 heteroatoms. The zero-order valence-corrected chi connectivity index (χ0v) is 9.14. The smallest absolute Gasteiger partial charge is 0.421 e. The molecule has 1 heterocycles. The number of halogens is 3. The van der Waals surface area contributed by atoms with Gasteiger partial charge in [0.1, 0.15) is 11.3 Å². The summed E-state index contributed by atoms with van der Waals surface area (Å²) in [5.74, 6) is -0.194. The molecule has 2 nitrogen and oxygen atoms in total. The van der Waals surface area contributed by atoms with Gasteiger partial charge < -0.3 is 4.74 Å². The fraction of sp³-hybridized carbons (Fsp3) is 0.500. The van der Waals surface area contributed by atoms with Gasteiger partial charge in [-0.2, -0.15) is 13.2 Å². The minimum atomic E-state index is -4.41. The minimum absolute atomic E-state index is 0.194. The SMILES string of the molecule is CC.COc1cc(C)ncc1C(F)(F)F. The first-order valence-electron chi connectivity index (χ1n) is 4.53. The minimum Gasteiger partial charge on any atom is -0.496 e. The Morgan fingerprint density at radius 1 is 1.27 bits per heavy atom. The van der Waals surface area contributed by atoms with Crippen molar-refractivity contribution < 1.29 is 17.9 Å². The van der Waals surface area contributed by atoms with Crippen LogP contribution in [0.1, 0.15) is 25.1 Å². The number of nitrogens with zero attached hydrogens (tertiary/aromatic N) is 1. The van der Waals surface area contributed by atoms with Gasteiger partial charge in [-0.05, 0) is 6.92 Å². The molecule has 0 spiro atoms. The summed E-state index contributed by atoms with van der Waals surface area (Å²) in [6, 6.07) is 1.25. The third-order valence-corrected chi connectivity index (χ3v) is 1.53. The lowest BCUT2D eigenvalue weighted by atomic mass is 10.2. The maximum Gasteiger partial charge on any atom is 0.421 e. The molecule has 1 aromatic rings. The van der Waals surface area contributed by atoms with Gasteiger partial charge in [-0.25, -0.2) is 0 Å². The predicted octanol–water partition coefficient (Wildman–Crippen LogP) is 3.44. The number of hydrogen-bond donors (Lipinski definition) is 0. The summed E-state index contributed by atoms with van der Waals surface area (Å²) in [5, 5.41) is 0. The van der Waals surface area contributed by atoms with Crippen molar-refractivity contribution in [1.29, 1.82) is 0 Å². The lowest BCUT2D eigenvalue weighted by Crippen LogP contribution is -2.08. The second-order valence-corrected chi connectivity index (χ2v) is 2.52. The second kappa shape index (κ2) is 5.58. The molecule has 0 atom stereocenters. The zero-order valence-electron chi connectivity index (χ0n) is 9.14. The molecule has 1 rings (SSSR count). The number of aromatic nitrogens is 1. The van der Waals surface area contributed by atoms with Crippen LogP contribution in [-0.4, -0.2) is 12.1 Å². The molecule has 0 aliphatic rings. The van der Waals surface area contributed by atoms with Crippen LogP contribution in [0.25, 0.3) is 0 Å². The highest BCUT2D eigenvalue weighted by Gasteiger charge is 2.34. The molecule has 0 saturated carbocycles. The van der Waals surface area contributed by atoms with Gasteiger partial charge in [0.05, 0.1) is 7.11 Å². The van der Waals surface area contributed by atoms with Crippen LogP contribution in [-0.2, 0) is 6.18 Å². The van der Waals surface area contributed by atoms with Crippen LogP contribution < -0.4 is 4.74 Å². The van der Waals surface area contributed by atoms with Crippen LogP contribution >= 0.6 is 0 Å². The molecule has 0 N–H and O–H groups in total. The van der Waals surface area contributed by atoms with Crippen LogP contribution in [0.3, 0.4) is 0 Å². The largest absolute Gasteiger partial charge is 0.496 e. The fourth-order valence-corrected chi connectivity index (χ4v) is 0.916. The number of aryl methyl sites for hydroxylation is 1. The Kier molecular flexibility index (Phi) is 5.11. The summed E-state index contributed by atoms with van der Waals surface area (Å²) in [6.07, 6.45) is -3.64. The molecule has 0 saturated heterocycles. The number of ether oxygens (including phenoxy) is 1. The second-order valence-electron chi connectivity index (χ2n) is 2.52. The highest BCUT2D eigenvalue weighted by molar-refractivity contribution is 5.34. The Morgan fingerprint density at radius 2 is 1.80 bits per heavy atom. The average molecular weight is 221 g/mol. The van der Waals surface area contributed by atoms with Crippen LogP contribution in [0.2, 0.25) is 0 Å². The Morgan fingerprint density at radius 3 is 2.20 bits per heavy atom. The molecule has 0 radical (unpaired) electrons. The van der Waals surface area contributed by atoms with E-state index >= 15 is 0 Å². The lowest BCUT2D eigenvalue weighted by molar-refractivity contribution is -0.139. The Labute approximate surface area is 87.1 Å². The van der Waals surface area contributed by atoms with Crippen molar-refractivity contribution >= 4 is 0 Å². The molecule has 0 unspecified atom stereocenters. The average Bonchev–Trinajstić information content (AvgIpc) is 2.18. The molecule has 15 heavy (non-hydrogen) atoms. The summed E-state index contributed by atoms with van der Waals surface area (Å²) in [6.45, 7) is 5.60. The Hall–Kier alpha value is -1.26. The third-order valence-electron chi connectivity index (χ3n) is 1.53. The van der Waals surface area contributed by atoms with E-state index < -0.39 is 11.7 Å². The summed E-state index contributed by atoms with van der Waals surface area (Å²) < 4.78 is 41.3. The molecule has 1 aromatic heterocycles. The zero-order chi connectivity index (χ0) is 12.1. The van der Waals surface area contributed by atoms with E-state index in [4.69, 9.17) is 0 Å². The first-order chi connectivity index (χ1) is 6.95. The van der Waals surface area contributed by atoms with Crippen LogP contribution in [0.5, 0.6) is 5.75 Å². The fourth-order valence-electron chi connectivity index (χ4n) is 0.916. The molecular formula is C10H14F3NO. The molecule has 0 aliphatic carbocycles. The Bertz CT molecular complexity index is 310. The van der Waals surface area contributed by atoms with Crippen molar-refractivity contribution in [1.82, 2.24) is 4.98 Å². The van der Waals surface area contributed by atoms with Crippen molar-refractivity contribution in [3.05, 3.63) is 23.5 Å². The van der Waals surface area contributed by atoms with E-state index in [0.29, 0.717) is 5.69 Å². The van der Waals surface area contributed by atoms with Crippen molar-refractivity contribution in [2.45, 2.75) is 26.9 Å². The molecule has 0 fully saturated rings. The molecule has 86 valence electrons. The van der Waals surface area contributed by atoms with E-state index in [2.05, 4.69) is 9.72 Å². The van der Waals surface area contributed by atoms with Crippen molar-refractivity contribution in [3.8, 4) is 5.75 Å². The standard InChI is InChI=1S/C8H8F3NO.C2H6/c1-5-3-7(13-2)6(4-12-5)8(9,10)11;1-2/h3-4H,1-2H3;1-2H3. The first kappa shape index (κ1) is 13.7. The highest BCUT2D eigenvalue weighted by Crippen LogP contribution is 2.35. The molecule has 0 aromatic carbocycles. The van der Waals surface area contributed by atoms with E-state index in [-0.39, 0.29) is 5.75 Å². The van der Waals surface area contributed by atoms with E-state index in [0.717, 1.165) is 6.20 Å². The van der Waals surface area contributed by atoms with Gasteiger partial charge in [0, 0.05) is 18.0 Å². The lowest BCUT2D eigenvalue weighted by Gasteiger charge is -2.11. The number of hydrogen-bond acceptors (Lipinski definition) is 2. The van der Waals surface area contributed by atoms with Crippen LogP contribution in [0.15, 0.2) is 12.3 Å². The normalized spacial score (nSPS) is 10.3. The van der Waals surface area contributed by atoms with Gasteiger partial charge in [0.25, 0.3) is 0 Å². The van der Waals surface area contributed by atoms with Crippen molar-refractivity contribution in [2.75, 3.05) is 7.11 Å². The van der Waals surface area contributed by atoms with Crippen LogP contribution in [0, 0.1) is 6.92 Å². The Balaban J connectivity index is 0.000000921. The predicted molar refractivity (Wildman–Crippen MR) is 51.9 cm³/mol. The van der Waals surface area contributed by atoms with E-state index in [9.17, 15) is 13.2 Å².